The number of amides is 1. The van der Waals surface area contributed by atoms with Gasteiger partial charge in [-0.2, -0.15) is 10.2 Å². The lowest BCUT2D eigenvalue weighted by molar-refractivity contribution is 0.102. The first-order chi connectivity index (χ1) is 13.3. The molecule has 0 saturated heterocycles. The maximum absolute atomic E-state index is 12.6. The molecule has 1 N–H and O–H groups in total. The Hall–Kier alpha value is -3.29. The first-order valence-corrected chi connectivity index (χ1v) is 8.90. The minimum Gasteiger partial charge on any atom is -0.493 e. The van der Waals surface area contributed by atoms with E-state index in [0.29, 0.717) is 35.0 Å². The number of hydrogen-bond donors (Lipinski definition) is 1. The molecule has 0 aliphatic rings. The fourth-order valence-corrected chi connectivity index (χ4v) is 3.19. The molecule has 28 heavy (non-hydrogen) atoms. The zero-order chi connectivity index (χ0) is 20.4. The van der Waals surface area contributed by atoms with Crippen molar-refractivity contribution in [3.63, 3.8) is 0 Å². The molecule has 0 aliphatic carbocycles. The molecule has 3 aromatic rings. The van der Waals surface area contributed by atoms with E-state index < -0.39 is 0 Å². The molecule has 0 fully saturated rings. The SMILES string of the molecule is COc1ccc(Cn2nc(C)c(NC(=O)c3cn(C)nc3C)c2C)cc1OC. The Morgan fingerprint density at radius 3 is 2.39 bits per heavy atom. The van der Waals surface area contributed by atoms with Crippen LogP contribution in [-0.2, 0) is 13.6 Å². The highest BCUT2D eigenvalue weighted by Crippen LogP contribution is 2.28. The second-order valence-electron chi connectivity index (χ2n) is 6.65. The standard InChI is InChI=1S/C20H25N5O3/c1-12-16(11-24(4)22-12)20(26)21-19-13(2)23-25(14(19)3)10-15-7-8-17(27-5)18(9-15)28-6/h7-9,11H,10H2,1-6H3,(H,21,26). The second-order valence-corrected chi connectivity index (χ2v) is 6.65. The highest BCUT2D eigenvalue weighted by Gasteiger charge is 2.18. The number of anilines is 1. The summed E-state index contributed by atoms with van der Waals surface area (Å²) in [4.78, 5) is 12.6. The summed E-state index contributed by atoms with van der Waals surface area (Å²) in [5, 5.41) is 11.8. The number of nitrogens with one attached hydrogen (secondary N) is 1. The Morgan fingerprint density at radius 1 is 1.07 bits per heavy atom. The number of ether oxygens (including phenoxy) is 2. The summed E-state index contributed by atoms with van der Waals surface area (Å²) < 4.78 is 14.1. The summed E-state index contributed by atoms with van der Waals surface area (Å²) in [5.74, 6) is 1.16. The summed E-state index contributed by atoms with van der Waals surface area (Å²) in [5.41, 5.74) is 4.61. The molecule has 0 radical (unpaired) electrons. The third-order valence-corrected chi connectivity index (χ3v) is 4.66. The van der Waals surface area contributed by atoms with Crippen molar-refractivity contribution in [1.29, 1.82) is 0 Å². The minimum absolute atomic E-state index is 0.192. The smallest absolute Gasteiger partial charge is 0.259 e. The zero-order valence-electron chi connectivity index (χ0n) is 17.0. The number of carbonyl (C=O) groups is 1. The van der Waals surface area contributed by atoms with Gasteiger partial charge in [0, 0.05) is 13.2 Å². The van der Waals surface area contributed by atoms with Gasteiger partial charge >= 0.3 is 0 Å². The third-order valence-electron chi connectivity index (χ3n) is 4.66. The Morgan fingerprint density at radius 2 is 1.79 bits per heavy atom. The van der Waals surface area contributed by atoms with E-state index in [1.165, 1.54) is 0 Å². The Balaban J connectivity index is 1.84. The number of methoxy groups -OCH3 is 2. The van der Waals surface area contributed by atoms with Gasteiger partial charge in [-0.05, 0) is 38.5 Å². The van der Waals surface area contributed by atoms with Gasteiger partial charge in [0.05, 0.1) is 49.1 Å². The van der Waals surface area contributed by atoms with E-state index in [-0.39, 0.29) is 5.91 Å². The predicted molar refractivity (Wildman–Crippen MR) is 106 cm³/mol. The molecular formula is C20H25N5O3. The van der Waals surface area contributed by atoms with Crippen LogP contribution in [0.4, 0.5) is 5.69 Å². The van der Waals surface area contributed by atoms with Gasteiger partial charge in [-0.25, -0.2) is 0 Å². The zero-order valence-corrected chi connectivity index (χ0v) is 17.0. The van der Waals surface area contributed by atoms with Gasteiger partial charge in [0.25, 0.3) is 5.91 Å². The van der Waals surface area contributed by atoms with E-state index in [0.717, 1.165) is 17.0 Å². The first kappa shape index (κ1) is 19.5. The Labute approximate surface area is 164 Å². The van der Waals surface area contributed by atoms with Crippen molar-refractivity contribution in [2.75, 3.05) is 19.5 Å². The number of aromatic nitrogens is 4. The quantitative estimate of drug-likeness (QED) is 0.708. The van der Waals surface area contributed by atoms with Gasteiger partial charge < -0.3 is 14.8 Å². The summed E-state index contributed by atoms with van der Waals surface area (Å²) in [6.07, 6.45) is 1.71. The minimum atomic E-state index is -0.192. The topological polar surface area (TPSA) is 83.2 Å². The van der Waals surface area contributed by atoms with Crippen molar-refractivity contribution in [1.82, 2.24) is 19.6 Å². The molecule has 8 heteroatoms. The lowest BCUT2D eigenvalue weighted by Crippen LogP contribution is -2.14. The fraction of sp³-hybridized carbons (Fsp3) is 0.350. The fourth-order valence-electron chi connectivity index (χ4n) is 3.19. The van der Waals surface area contributed by atoms with Crippen LogP contribution in [0.5, 0.6) is 11.5 Å². The lowest BCUT2D eigenvalue weighted by Gasteiger charge is -2.11. The number of rotatable bonds is 6. The van der Waals surface area contributed by atoms with Crippen molar-refractivity contribution < 1.29 is 14.3 Å². The molecule has 0 atom stereocenters. The van der Waals surface area contributed by atoms with Crippen LogP contribution in [0.3, 0.4) is 0 Å². The number of carbonyl (C=O) groups excluding carboxylic acids is 1. The van der Waals surface area contributed by atoms with Crippen LogP contribution in [0.1, 0.15) is 33.0 Å². The average Bonchev–Trinajstić information content (AvgIpc) is 3.14. The molecule has 8 nitrogen and oxygen atoms in total. The summed E-state index contributed by atoms with van der Waals surface area (Å²) in [6, 6.07) is 5.76. The Kier molecular flexibility index (Phi) is 5.39. The van der Waals surface area contributed by atoms with Gasteiger partial charge in [-0.3, -0.25) is 14.2 Å². The van der Waals surface area contributed by atoms with E-state index >= 15 is 0 Å². The van der Waals surface area contributed by atoms with E-state index in [4.69, 9.17) is 9.47 Å². The molecule has 148 valence electrons. The number of hydrogen-bond acceptors (Lipinski definition) is 5. The molecule has 2 aromatic heterocycles. The maximum Gasteiger partial charge on any atom is 0.259 e. The van der Waals surface area contributed by atoms with Crippen molar-refractivity contribution in [2.24, 2.45) is 7.05 Å². The van der Waals surface area contributed by atoms with E-state index in [9.17, 15) is 4.79 Å². The van der Waals surface area contributed by atoms with Gasteiger partial charge in [0.2, 0.25) is 0 Å². The average molecular weight is 383 g/mol. The van der Waals surface area contributed by atoms with Crippen LogP contribution in [-0.4, -0.2) is 39.7 Å². The number of nitrogens with zero attached hydrogens (tertiary/aromatic N) is 4. The largest absolute Gasteiger partial charge is 0.493 e. The van der Waals surface area contributed by atoms with Gasteiger partial charge in [0.1, 0.15) is 0 Å². The first-order valence-electron chi connectivity index (χ1n) is 8.90. The van der Waals surface area contributed by atoms with E-state index in [1.807, 2.05) is 43.7 Å². The molecule has 0 aliphatic heterocycles. The molecule has 0 unspecified atom stereocenters. The monoisotopic (exact) mass is 383 g/mol. The number of benzene rings is 1. The number of aryl methyl sites for hydroxylation is 3. The van der Waals surface area contributed by atoms with Crippen molar-refractivity contribution >= 4 is 11.6 Å². The Bertz CT molecular complexity index is 1020. The molecule has 0 saturated carbocycles. The van der Waals surface area contributed by atoms with Gasteiger partial charge in [-0.15, -0.1) is 0 Å². The van der Waals surface area contributed by atoms with Crippen molar-refractivity contribution in [3.8, 4) is 11.5 Å². The summed E-state index contributed by atoms with van der Waals surface area (Å²) in [7, 11) is 5.01. The molecule has 2 heterocycles. The van der Waals surface area contributed by atoms with Crippen LogP contribution in [0, 0.1) is 20.8 Å². The third kappa shape index (κ3) is 3.71. The van der Waals surface area contributed by atoms with Gasteiger partial charge in [0.15, 0.2) is 11.5 Å². The van der Waals surface area contributed by atoms with Crippen LogP contribution in [0.15, 0.2) is 24.4 Å². The summed E-state index contributed by atoms with van der Waals surface area (Å²) in [6.45, 7) is 6.18. The van der Waals surface area contributed by atoms with Crippen LogP contribution < -0.4 is 14.8 Å². The van der Waals surface area contributed by atoms with Crippen molar-refractivity contribution in [3.05, 3.63) is 52.6 Å². The molecule has 1 amide bonds. The van der Waals surface area contributed by atoms with E-state index in [2.05, 4.69) is 15.5 Å². The molecule has 3 rings (SSSR count). The van der Waals surface area contributed by atoms with E-state index in [1.54, 1.807) is 32.1 Å². The molecular weight excluding hydrogens is 358 g/mol. The van der Waals surface area contributed by atoms with Crippen LogP contribution in [0.25, 0.3) is 0 Å². The van der Waals surface area contributed by atoms with Crippen LogP contribution >= 0.6 is 0 Å². The van der Waals surface area contributed by atoms with Gasteiger partial charge in [-0.1, -0.05) is 6.07 Å². The lowest BCUT2D eigenvalue weighted by atomic mass is 10.2. The van der Waals surface area contributed by atoms with Crippen molar-refractivity contribution in [2.45, 2.75) is 27.3 Å². The normalized spacial score (nSPS) is 10.8. The maximum atomic E-state index is 12.6. The van der Waals surface area contributed by atoms with Crippen LogP contribution in [0.2, 0.25) is 0 Å². The molecule has 1 aromatic carbocycles. The second kappa shape index (κ2) is 7.75. The predicted octanol–water partition coefficient (Wildman–Crippen LogP) is 2.86. The highest BCUT2D eigenvalue weighted by molar-refractivity contribution is 6.05. The summed E-state index contributed by atoms with van der Waals surface area (Å²) >= 11 is 0. The highest BCUT2D eigenvalue weighted by atomic mass is 16.5. The molecule has 0 bridgehead atoms. The molecule has 0 spiro atoms.